The molecular weight excluding hydrogens is 274 g/mol. The van der Waals surface area contributed by atoms with Crippen molar-refractivity contribution in [3.63, 3.8) is 0 Å². The third kappa shape index (κ3) is 2.26. The Bertz CT molecular complexity index is 558. The molecule has 2 unspecified atom stereocenters. The topological polar surface area (TPSA) is 45.2 Å². The molecule has 1 fully saturated rings. The number of halogens is 1. The molecule has 5 heteroatoms. The van der Waals surface area contributed by atoms with Gasteiger partial charge in [-0.05, 0) is 43.7 Å². The summed E-state index contributed by atoms with van der Waals surface area (Å²) in [7, 11) is 0. The van der Waals surface area contributed by atoms with Gasteiger partial charge in [0.25, 0.3) is 0 Å². The SMILES string of the molecule is CC1C(=O)Nc2ccc(Cl)nc2N1C1CCC(C)(C)C1. The lowest BCUT2D eigenvalue weighted by molar-refractivity contribution is -0.117. The van der Waals surface area contributed by atoms with Crippen LogP contribution in [-0.2, 0) is 4.79 Å². The molecule has 4 nitrogen and oxygen atoms in total. The number of anilines is 2. The highest BCUT2D eigenvalue weighted by molar-refractivity contribution is 6.29. The molecule has 2 heterocycles. The van der Waals surface area contributed by atoms with E-state index in [4.69, 9.17) is 11.6 Å². The smallest absolute Gasteiger partial charge is 0.246 e. The molecule has 1 N–H and O–H groups in total. The largest absolute Gasteiger partial charge is 0.340 e. The summed E-state index contributed by atoms with van der Waals surface area (Å²) in [5, 5.41) is 3.38. The van der Waals surface area contributed by atoms with Crippen molar-refractivity contribution in [2.75, 3.05) is 10.2 Å². The van der Waals surface area contributed by atoms with Crippen LogP contribution in [0.25, 0.3) is 0 Å². The molecule has 1 aliphatic carbocycles. The van der Waals surface area contributed by atoms with Gasteiger partial charge in [0.15, 0.2) is 5.82 Å². The maximum absolute atomic E-state index is 12.2. The molecule has 1 saturated carbocycles. The first-order valence-electron chi connectivity index (χ1n) is 7.13. The van der Waals surface area contributed by atoms with Crippen LogP contribution in [0.5, 0.6) is 0 Å². The second-order valence-corrected chi connectivity index (χ2v) is 7.03. The molecule has 2 aliphatic rings. The molecule has 1 aliphatic heterocycles. The molecule has 0 aromatic carbocycles. The van der Waals surface area contributed by atoms with E-state index < -0.39 is 0 Å². The zero-order chi connectivity index (χ0) is 14.5. The predicted octanol–water partition coefficient (Wildman–Crippen LogP) is 3.46. The van der Waals surface area contributed by atoms with Gasteiger partial charge in [0.1, 0.15) is 11.2 Å². The number of aromatic nitrogens is 1. The van der Waals surface area contributed by atoms with E-state index in [-0.39, 0.29) is 11.9 Å². The van der Waals surface area contributed by atoms with Gasteiger partial charge in [0, 0.05) is 6.04 Å². The first-order valence-corrected chi connectivity index (χ1v) is 7.51. The average molecular weight is 294 g/mol. The van der Waals surface area contributed by atoms with E-state index in [1.807, 2.05) is 13.0 Å². The lowest BCUT2D eigenvalue weighted by Gasteiger charge is -2.39. The Labute approximate surface area is 124 Å². The molecule has 0 bridgehead atoms. The fourth-order valence-electron chi connectivity index (χ4n) is 3.39. The predicted molar refractivity (Wildman–Crippen MR) is 81.2 cm³/mol. The summed E-state index contributed by atoms with van der Waals surface area (Å²) in [5.41, 5.74) is 1.10. The van der Waals surface area contributed by atoms with Gasteiger partial charge in [-0.25, -0.2) is 4.98 Å². The van der Waals surface area contributed by atoms with Gasteiger partial charge in [-0.1, -0.05) is 25.4 Å². The minimum atomic E-state index is -0.202. The number of hydrogen-bond donors (Lipinski definition) is 1. The van der Waals surface area contributed by atoms with Crippen LogP contribution in [0.15, 0.2) is 12.1 Å². The molecule has 20 heavy (non-hydrogen) atoms. The van der Waals surface area contributed by atoms with Crippen LogP contribution < -0.4 is 10.2 Å². The minimum Gasteiger partial charge on any atom is -0.340 e. The number of hydrogen-bond acceptors (Lipinski definition) is 3. The van der Waals surface area contributed by atoms with Crippen molar-refractivity contribution in [1.29, 1.82) is 0 Å². The fraction of sp³-hybridized carbons (Fsp3) is 0.600. The molecular formula is C15H20ClN3O. The van der Waals surface area contributed by atoms with Crippen LogP contribution in [0.1, 0.15) is 40.0 Å². The third-order valence-corrected chi connectivity index (χ3v) is 4.69. The number of carbonyl (C=O) groups excluding carboxylic acids is 1. The van der Waals surface area contributed by atoms with Crippen molar-refractivity contribution in [1.82, 2.24) is 4.98 Å². The van der Waals surface area contributed by atoms with Gasteiger partial charge >= 0.3 is 0 Å². The molecule has 1 aromatic heterocycles. The third-order valence-electron chi connectivity index (χ3n) is 4.48. The monoisotopic (exact) mass is 293 g/mol. The molecule has 0 saturated heterocycles. The molecule has 0 spiro atoms. The van der Waals surface area contributed by atoms with Gasteiger partial charge in [0.2, 0.25) is 5.91 Å². The highest BCUT2D eigenvalue weighted by Gasteiger charge is 2.41. The van der Waals surface area contributed by atoms with Crippen molar-refractivity contribution in [2.45, 2.75) is 52.1 Å². The molecule has 1 amide bonds. The summed E-state index contributed by atoms with van der Waals surface area (Å²) in [6.07, 6.45) is 3.36. The summed E-state index contributed by atoms with van der Waals surface area (Å²) in [4.78, 5) is 18.8. The summed E-state index contributed by atoms with van der Waals surface area (Å²) < 4.78 is 0. The number of fused-ring (bicyclic) bond motifs is 1. The number of rotatable bonds is 1. The van der Waals surface area contributed by atoms with E-state index in [0.29, 0.717) is 16.6 Å². The standard InChI is InChI=1S/C15H20ClN3O/c1-9-14(20)17-11-4-5-12(16)18-13(11)19(9)10-6-7-15(2,3)8-10/h4-5,9-10H,6-8H2,1-3H3,(H,17,20). The van der Waals surface area contributed by atoms with Crippen LogP contribution in [0.3, 0.4) is 0 Å². The van der Waals surface area contributed by atoms with E-state index in [1.54, 1.807) is 6.07 Å². The second-order valence-electron chi connectivity index (χ2n) is 6.64. The van der Waals surface area contributed by atoms with Crippen molar-refractivity contribution in [2.24, 2.45) is 5.41 Å². The van der Waals surface area contributed by atoms with Crippen molar-refractivity contribution in [3.8, 4) is 0 Å². The number of nitrogens with one attached hydrogen (secondary N) is 1. The van der Waals surface area contributed by atoms with Crippen molar-refractivity contribution >= 4 is 29.0 Å². The Morgan fingerprint density at radius 2 is 2.20 bits per heavy atom. The number of nitrogens with zero attached hydrogens (tertiary/aromatic N) is 2. The van der Waals surface area contributed by atoms with E-state index in [0.717, 1.165) is 24.3 Å². The molecule has 108 valence electrons. The second kappa shape index (κ2) is 4.62. The average Bonchev–Trinajstić information content (AvgIpc) is 2.72. The van der Waals surface area contributed by atoms with E-state index >= 15 is 0 Å². The Kier molecular flexibility index (Phi) is 3.16. The number of pyridine rings is 1. The van der Waals surface area contributed by atoms with Crippen LogP contribution >= 0.6 is 11.6 Å². The van der Waals surface area contributed by atoms with Gasteiger partial charge < -0.3 is 10.2 Å². The van der Waals surface area contributed by atoms with Crippen molar-refractivity contribution in [3.05, 3.63) is 17.3 Å². The van der Waals surface area contributed by atoms with Gasteiger partial charge in [-0.2, -0.15) is 0 Å². The highest BCUT2D eigenvalue weighted by Crippen LogP contribution is 2.43. The maximum Gasteiger partial charge on any atom is 0.246 e. The number of carbonyl (C=O) groups is 1. The highest BCUT2D eigenvalue weighted by atomic mass is 35.5. The lowest BCUT2D eigenvalue weighted by Crippen LogP contribution is -2.51. The van der Waals surface area contributed by atoms with Gasteiger partial charge in [0.05, 0.1) is 5.69 Å². The zero-order valence-electron chi connectivity index (χ0n) is 12.1. The summed E-state index contributed by atoms with van der Waals surface area (Å²) >= 11 is 6.04. The molecule has 0 radical (unpaired) electrons. The Hall–Kier alpha value is -1.29. The van der Waals surface area contributed by atoms with Gasteiger partial charge in [-0.15, -0.1) is 0 Å². The first kappa shape index (κ1) is 13.7. The normalized spacial score (nSPS) is 28.2. The van der Waals surface area contributed by atoms with Crippen molar-refractivity contribution < 1.29 is 4.79 Å². The molecule has 3 rings (SSSR count). The van der Waals surface area contributed by atoms with E-state index in [1.165, 1.54) is 6.42 Å². The summed E-state index contributed by atoms with van der Waals surface area (Å²) in [5.74, 6) is 0.846. The summed E-state index contributed by atoms with van der Waals surface area (Å²) in [6.45, 7) is 6.51. The minimum absolute atomic E-state index is 0.0336. The molecule has 2 atom stereocenters. The lowest BCUT2D eigenvalue weighted by atomic mass is 9.91. The first-order chi connectivity index (χ1) is 9.37. The fourth-order valence-corrected chi connectivity index (χ4v) is 3.54. The summed E-state index contributed by atoms with van der Waals surface area (Å²) in [6, 6.07) is 3.71. The Morgan fingerprint density at radius 3 is 2.85 bits per heavy atom. The maximum atomic E-state index is 12.2. The van der Waals surface area contributed by atoms with Crippen LogP contribution in [0, 0.1) is 5.41 Å². The van der Waals surface area contributed by atoms with Gasteiger partial charge in [-0.3, -0.25) is 4.79 Å². The van der Waals surface area contributed by atoms with E-state index in [2.05, 4.69) is 29.0 Å². The Morgan fingerprint density at radius 1 is 1.45 bits per heavy atom. The van der Waals surface area contributed by atoms with Crippen LogP contribution in [-0.4, -0.2) is 23.0 Å². The quantitative estimate of drug-likeness (QED) is 0.807. The van der Waals surface area contributed by atoms with E-state index in [9.17, 15) is 4.79 Å². The Balaban J connectivity index is 2.01. The van der Waals surface area contributed by atoms with Crippen LogP contribution in [0.2, 0.25) is 5.15 Å². The molecule has 1 aromatic rings. The zero-order valence-corrected chi connectivity index (χ0v) is 12.9. The van der Waals surface area contributed by atoms with Crippen LogP contribution in [0.4, 0.5) is 11.5 Å². The number of amides is 1.